The molecule has 0 spiro atoms. The summed E-state index contributed by atoms with van der Waals surface area (Å²) in [4.78, 5) is 0. The molecule has 7 heteroatoms. The fourth-order valence-corrected chi connectivity index (χ4v) is 1.16. The summed E-state index contributed by atoms with van der Waals surface area (Å²) >= 11 is 0. The lowest BCUT2D eigenvalue weighted by Crippen LogP contribution is -2.18. The molecule has 0 aliphatic heterocycles. The Bertz CT molecular complexity index is 474. The third kappa shape index (κ3) is 6.08. The van der Waals surface area contributed by atoms with Crippen molar-refractivity contribution in [1.29, 1.82) is 0 Å². The van der Waals surface area contributed by atoms with Crippen LogP contribution in [0.2, 0.25) is 0 Å². The molecule has 0 radical (unpaired) electrons. The molecule has 1 aromatic carbocycles. The highest BCUT2D eigenvalue weighted by molar-refractivity contribution is 5.46. The number of aliphatic hydroxyl groups is 1. The Labute approximate surface area is 106 Å². The third-order valence-corrected chi connectivity index (χ3v) is 1.85. The highest BCUT2D eigenvalue weighted by Crippen LogP contribution is 2.20. The molecular formula is C12H10F4O3. The summed E-state index contributed by atoms with van der Waals surface area (Å²) in [7, 11) is 0. The van der Waals surface area contributed by atoms with Crippen molar-refractivity contribution in [3.63, 3.8) is 0 Å². The van der Waals surface area contributed by atoms with Gasteiger partial charge in [0.2, 0.25) is 0 Å². The van der Waals surface area contributed by atoms with Gasteiger partial charge >= 0.3 is 6.36 Å². The fraction of sp³-hybridized carbons (Fsp3) is 0.333. The van der Waals surface area contributed by atoms with Crippen molar-refractivity contribution < 1.29 is 32.1 Å². The summed E-state index contributed by atoms with van der Waals surface area (Å²) in [5, 5.41) is 8.54. The van der Waals surface area contributed by atoms with Gasteiger partial charge in [-0.2, -0.15) is 0 Å². The summed E-state index contributed by atoms with van der Waals surface area (Å²) < 4.78 is 56.6. The van der Waals surface area contributed by atoms with Gasteiger partial charge in [-0.15, -0.1) is 13.2 Å². The molecule has 0 amide bonds. The zero-order valence-corrected chi connectivity index (χ0v) is 9.63. The van der Waals surface area contributed by atoms with E-state index in [1.807, 2.05) is 0 Å². The average Bonchev–Trinajstić information content (AvgIpc) is 2.32. The maximum Gasteiger partial charge on any atom is 0.522 e. The van der Waals surface area contributed by atoms with E-state index < -0.39 is 32.0 Å². The monoisotopic (exact) mass is 278 g/mol. The minimum atomic E-state index is -4.73. The maximum absolute atomic E-state index is 13.0. The summed E-state index contributed by atoms with van der Waals surface area (Å²) in [5.74, 6) is 4.21. The zero-order chi connectivity index (χ0) is 14.3. The van der Waals surface area contributed by atoms with Gasteiger partial charge < -0.3 is 9.84 Å². The van der Waals surface area contributed by atoms with Crippen molar-refractivity contribution in [2.75, 3.05) is 19.8 Å². The largest absolute Gasteiger partial charge is 0.522 e. The lowest BCUT2D eigenvalue weighted by atomic mass is 10.2. The number of rotatable bonds is 4. The van der Waals surface area contributed by atoms with Gasteiger partial charge in [0, 0.05) is 6.07 Å². The molecule has 19 heavy (non-hydrogen) atoms. The number of benzene rings is 1. The Kier molecular flexibility index (Phi) is 5.60. The fourth-order valence-electron chi connectivity index (χ4n) is 1.16. The molecule has 1 N–H and O–H groups in total. The standard InChI is InChI=1S/C12H10F4O3/c13-10-4-3-9(2-1-5-17)11(8-10)18-6-7-19-12(14,15)16/h3-4,8,17H,5-7H2. The van der Waals surface area contributed by atoms with Crippen molar-refractivity contribution in [2.24, 2.45) is 0 Å². The second-order valence-electron chi connectivity index (χ2n) is 3.24. The van der Waals surface area contributed by atoms with E-state index in [9.17, 15) is 17.6 Å². The van der Waals surface area contributed by atoms with Crippen LogP contribution in [0.15, 0.2) is 18.2 Å². The molecule has 0 heterocycles. The third-order valence-electron chi connectivity index (χ3n) is 1.85. The van der Waals surface area contributed by atoms with E-state index in [1.54, 1.807) is 0 Å². The van der Waals surface area contributed by atoms with Crippen molar-refractivity contribution in [2.45, 2.75) is 6.36 Å². The smallest absolute Gasteiger partial charge is 0.490 e. The number of hydrogen-bond donors (Lipinski definition) is 1. The molecule has 0 fully saturated rings. The van der Waals surface area contributed by atoms with Crippen molar-refractivity contribution in [1.82, 2.24) is 0 Å². The summed E-state index contributed by atoms with van der Waals surface area (Å²) in [6, 6.07) is 3.42. The molecule has 0 saturated carbocycles. The van der Waals surface area contributed by atoms with E-state index in [0.29, 0.717) is 0 Å². The summed E-state index contributed by atoms with van der Waals surface area (Å²) in [6.45, 7) is -1.52. The maximum atomic E-state index is 13.0. The minimum absolute atomic E-state index is 0.00766. The molecule has 0 aliphatic rings. The van der Waals surface area contributed by atoms with Gasteiger partial charge in [-0.3, -0.25) is 4.74 Å². The quantitative estimate of drug-likeness (QED) is 0.520. The van der Waals surface area contributed by atoms with E-state index in [0.717, 1.165) is 12.1 Å². The van der Waals surface area contributed by atoms with E-state index in [-0.39, 0.29) is 11.3 Å². The average molecular weight is 278 g/mol. The first-order valence-corrected chi connectivity index (χ1v) is 5.15. The lowest BCUT2D eigenvalue weighted by molar-refractivity contribution is -0.325. The van der Waals surface area contributed by atoms with Crippen LogP contribution in [0.1, 0.15) is 5.56 Å². The Morgan fingerprint density at radius 2 is 1.95 bits per heavy atom. The van der Waals surface area contributed by atoms with Crippen molar-refractivity contribution in [3.05, 3.63) is 29.6 Å². The van der Waals surface area contributed by atoms with Gasteiger partial charge in [-0.25, -0.2) is 4.39 Å². The number of aliphatic hydroxyl groups excluding tert-OH is 1. The van der Waals surface area contributed by atoms with Gasteiger partial charge in [0.1, 0.15) is 24.8 Å². The predicted octanol–water partition coefficient (Wildman–Crippen LogP) is 2.08. The Hall–Kier alpha value is -1.78. The SMILES string of the molecule is OCC#Cc1ccc(F)cc1OCCOC(F)(F)F. The van der Waals surface area contributed by atoms with Crippen LogP contribution in [-0.4, -0.2) is 31.3 Å². The molecule has 1 rings (SSSR count). The van der Waals surface area contributed by atoms with Crippen molar-refractivity contribution >= 4 is 0 Å². The molecule has 0 aromatic heterocycles. The highest BCUT2D eigenvalue weighted by Gasteiger charge is 2.28. The molecule has 104 valence electrons. The first kappa shape index (κ1) is 15.3. The van der Waals surface area contributed by atoms with Gasteiger partial charge in [0.25, 0.3) is 0 Å². The number of hydrogen-bond acceptors (Lipinski definition) is 3. The second kappa shape index (κ2) is 6.97. The van der Waals surface area contributed by atoms with Crippen LogP contribution in [0.5, 0.6) is 5.75 Å². The minimum Gasteiger partial charge on any atom is -0.490 e. The van der Waals surface area contributed by atoms with Gasteiger partial charge in [0.15, 0.2) is 0 Å². The van der Waals surface area contributed by atoms with E-state index in [4.69, 9.17) is 9.84 Å². The highest BCUT2D eigenvalue weighted by atomic mass is 19.4. The molecule has 0 aliphatic carbocycles. The van der Waals surface area contributed by atoms with Crippen LogP contribution in [0, 0.1) is 17.7 Å². The zero-order valence-electron chi connectivity index (χ0n) is 9.63. The van der Waals surface area contributed by atoms with Gasteiger partial charge in [0.05, 0.1) is 12.2 Å². The van der Waals surface area contributed by atoms with Crippen LogP contribution in [0.3, 0.4) is 0 Å². The topological polar surface area (TPSA) is 38.7 Å². The number of ether oxygens (including phenoxy) is 2. The lowest BCUT2D eigenvalue weighted by Gasteiger charge is -2.10. The normalized spacial score (nSPS) is 10.8. The van der Waals surface area contributed by atoms with E-state index >= 15 is 0 Å². The first-order valence-electron chi connectivity index (χ1n) is 5.15. The first-order chi connectivity index (χ1) is 8.92. The van der Waals surface area contributed by atoms with Crippen molar-refractivity contribution in [3.8, 4) is 17.6 Å². The number of alkyl halides is 3. The Balaban J connectivity index is 2.63. The van der Waals surface area contributed by atoms with E-state index in [2.05, 4.69) is 16.6 Å². The van der Waals surface area contributed by atoms with Crippen LogP contribution >= 0.6 is 0 Å². The van der Waals surface area contributed by atoms with Gasteiger partial charge in [-0.05, 0) is 12.1 Å². The summed E-state index contributed by atoms with van der Waals surface area (Å²) in [5.41, 5.74) is 0.266. The summed E-state index contributed by atoms with van der Waals surface area (Å²) in [6.07, 6.45) is -4.73. The van der Waals surface area contributed by atoms with Crippen LogP contribution in [0.25, 0.3) is 0 Å². The Morgan fingerprint density at radius 1 is 1.21 bits per heavy atom. The molecule has 0 atom stereocenters. The Morgan fingerprint density at radius 3 is 2.58 bits per heavy atom. The molecule has 0 bridgehead atoms. The second-order valence-corrected chi connectivity index (χ2v) is 3.24. The van der Waals surface area contributed by atoms with E-state index in [1.165, 1.54) is 6.07 Å². The molecule has 0 saturated heterocycles. The van der Waals surface area contributed by atoms with Crippen LogP contribution in [0.4, 0.5) is 17.6 Å². The van der Waals surface area contributed by atoms with Crippen LogP contribution in [-0.2, 0) is 4.74 Å². The number of halogens is 4. The molecule has 1 aromatic rings. The predicted molar refractivity (Wildman–Crippen MR) is 57.9 cm³/mol. The molecule has 0 unspecified atom stereocenters. The molecule has 3 nitrogen and oxygen atoms in total. The van der Waals surface area contributed by atoms with Gasteiger partial charge in [-0.1, -0.05) is 11.8 Å². The van der Waals surface area contributed by atoms with Crippen LogP contribution < -0.4 is 4.74 Å². The molecular weight excluding hydrogens is 268 g/mol.